The summed E-state index contributed by atoms with van der Waals surface area (Å²) in [7, 11) is 0. The van der Waals surface area contributed by atoms with Crippen LogP contribution >= 0.6 is 0 Å². The summed E-state index contributed by atoms with van der Waals surface area (Å²) in [4.78, 5) is 16.5. The molecule has 0 saturated heterocycles. The summed E-state index contributed by atoms with van der Waals surface area (Å²) in [6.07, 6.45) is 7.92. The first-order valence-corrected chi connectivity index (χ1v) is 9.95. The number of aryl methyl sites for hydroxylation is 1. The van der Waals surface area contributed by atoms with Gasteiger partial charge in [-0.15, -0.1) is 0 Å². The second kappa shape index (κ2) is 9.74. The quantitative estimate of drug-likeness (QED) is 0.533. The number of hydrogen-bond acceptors (Lipinski definition) is 3. The molecule has 0 atom stereocenters. The Hall–Kier alpha value is -3.60. The van der Waals surface area contributed by atoms with Gasteiger partial charge in [0.25, 0.3) is 5.91 Å². The third-order valence-corrected chi connectivity index (χ3v) is 4.90. The number of nitrogens with zero attached hydrogens (tertiary/aromatic N) is 2. The molecule has 1 heterocycles. The van der Waals surface area contributed by atoms with Crippen LogP contribution in [0.25, 0.3) is 11.3 Å². The predicted molar refractivity (Wildman–Crippen MR) is 122 cm³/mol. The van der Waals surface area contributed by atoms with E-state index in [0.717, 1.165) is 33.9 Å². The summed E-state index contributed by atoms with van der Waals surface area (Å²) in [5.41, 5.74) is 6.09. The van der Waals surface area contributed by atoms with Gasteiger partial charge in [0.1, 0.15) is 5.75 Å². The summed E-state index contributed by atoms with van der Waals surface area (Å²) < 4.78 is 7.64. The molecule has 0 aliphatic carbocycles. The van der Waals surface area contributed by atoms with Crippen molar-refractivity contribution in [3.05, 3.63) is 90.0 Å². The number of benzene rings is 2. The van der Waals surface area contributed by atoms with Crippen molar-refractivity contribution < 1.29 is 9.53 Å². The first kappa shape index (κ1) is 21.1. The van der Waals surface area contributed by atoms with E-state index < -0.39 is 0 Å². The molecule has 5 heteroatoms. The van der Waals surface area contributed by atoms with E-state index in [4.69, 9.17) is 4.74 Å². The molecule has 3 rings (SSSR count). The van der Waals surface area contributed by atoms with Crippen LogP contribution in [0.3, 0.4) is 0 Å². The zero-order valence-electron chi connectivity index (χ0n) is 17.8. The summed E-state index contributed by atoms with van der Waals surface area (Å²) >= 11 is 0. The minimum Gasteiger partial charge on any atom is -0.484 e. The van der Waals surface area contributed by atoms with Gasteiger partial charge in [-0.05, 0) is 75.2 Å². The van der Waals surface area contributed by atoms with Crippen LogP contribution in [0.15, 0.2) is 73.1 Å². The first-order valence-electron chi connectivity index (χ1n) is 9.95. The molecule has 154 valence electrons. The lowest BCUT2D eigenvalue weighted by atomic mass is 10.0. The normalized spacial score (nSPS) is 11.7. The lowest BCUT2D eigenvalue weighted by molar-refractivity contribution is -0.118. The summed E-state index contributed by atoms with van der Waals surface area (Å²) in [6.45, 7) is 7.96. The average molecular weight is 402 g/mol. The maximum Gasteiger partial charge on any atom is 0.262 e. The molecule has 0 saturated carbocycles. The molecular weight excluding hydrogens is 374 g/mol. The van der Waals surface area contributed by atoms with Gasteiger partial charge >= 0.3 is 0 Å². The third-order valence-electron chi connectivity index (χ3n) is 4.90. The maximum absolute atomic E-state index is 12.2. The van der Waals surface area contributed by atoms with Crippen molar-refractivity contribution in [1.29, 1.82) is 0 Å². The standard InChI is InChI=1S/C25H27N3O2/c1-5-7-20(6-2)21-8-10-22(11-9-21)27-25(29)16-30-24-14-12-23(13-15-24)28-17-26-18(3)19(28)4/h5-15,17H,16H2,1-4H3,(H,27,29). The fraction of sp³-hybridized carbons (Fsp3) is 0.200. The van der Waals surface area contributed by atoms with Crippen LogP contribution in [0.2, 0.25) is 0 Å². The maximum atomic E-state index is 12.2. The third kappa shape index (κ3) is 5.06. The largest absolute Gasteiger partial charge is 0.484 e. The fourth-order valence-electron chi connectivity index (χ4n) is 3.09. The van der Waals surface area contributed by atoms with E-state index in [0.29, 0.717) is 5.75 Å². The van der Waals surface area contributed by atoms with Crippen LogP contribution in [0.5, 0.6) is 5.75 Å². The molecule has 0 fully saturated rings. The SMILES string of the molecule is CC=CC(=CC)c1ccc(NC(=O)COc2ccc(-n3cnc(C)c3C)cc2)cc1. The lowest BCUT2D eigenvalue weighted by Crippen LogP contribution is -2.20. The van der Waals surface area contributed by atoms with Crippen molar-refractivity contribution in [3.8, 4) is 11.4 Å². The minimum atomic E-state index is -0.201. The van der Waals surface area contributed by atoms with Crippen molar-refractivity contribution in [3.63, 3.8) is 0 Å². The van der Waals surface area contributed by atoms with Gasteiger partial charge in [0.05, 0.1) is 12.0 Å². The van der Waals surface area contributed by atoms with E-state index in [9.17, 15) is 4.79 Å². The van der Waals surface area contributed by atoms with Crippen LogP contribution in [0, 0.1) is 13.8 Å². The number of allylic oxidation sites excluding steroid dienone is 4. The number of ether oxygens (including phenoxy) is 1. The Kier molecular flexibility index (Phi) is 6.86. The molecule has 5 nitrogen and oxygen atoms in total. The molecule has 0 bridgehead atoms. The van der Waals surface area contributed by atoms with E-state index in [2.05, 4.69) is 22.5 Å². The van der Waals surface area contributed by atoms with E-state index in [1.807, 2.05) is 86.9 Å². The van der Waals surface area contributed by atoms with Crippen LogP contribution in [0.4, 0.5) is 5.69 Å². The number of amides is 1. The van der Waals surface area contributed by atoms with Crippen molar-refractivity contribution in [2.45, 2.75) is 27.7 Å². The average Bonchev–Trinajstić information content (AvgIpc) is 3.10. The Balaban J connectivity index is 1.55. The second-order valence-corrected chi connectivity index (χ2v) is 6.94. The van der Waals surface area contributed by atoms with Gasteiger partial charge in [-0.25, -0.2) is 4.98 Å². The van der Waals surface area contributed by atoms with E-state index in [-0.39, 0.29) is 12.5 Å². The zero-order chi connectivity index (χ0) is 21.5. The monoisotopic (exact) mass is 401 g/mol. The second-order valence-electron chi connectivity index (χ2n) is 6.94. The molecule has 0 aliphatic heterocycles. The van der Waals surface area contributed by atoms with E-state index in [1.165, 1.54) is 0 Å². The molecule has 1 aromatic heterocycles. The lowest BCUT2D eigenvalue weighted by Gasteiger charge is -2.10. The molecular formula is C25H27N3O2. The van der Waals surface area contributed by atoms with Crippen LogP contribution in [-0.4, -0.2) is 22.1 Å². The van der Waals surface area contributed by atoms with Gasteiger partial charge < -0.3 is 14.6 Å². The highest BCUT2D eigenvalue weighted by atomic mass is 16.5. The number of anilines is 1. The molecule has 0 aliphatic rings. The van der Waals surface area contributed by atoms with Gasteiger partial charge in [0.2, 0.25) is 0 Å². The van der Waals surface area contributed by atoms with Crippen LogP contribution in [-0.2, 0) is 4.79 Å². The van der Waals surface area contributed by atoms with Gasteiger partial charge in [-0.1, -0.05) is 30.4 Å². The molecule has 3 aromatic rings. The molecule has 0 radical (unpaired) electrons. The molecule has 0 unspecified atom stereocenters. The Labute approximate surface area is 177 Å². The first-order chi connectivity index (χ1) is 14.5. The number of carbonyl (C=O) groups excluding carboxylic acids is 1. The Bertz CT molecular complexity index is 1060. The smallest absolute Gasteiger partial charge is 0.262 e. The summed E-state index contributed by atoms with van der Waals surface area (Å²) in [5, 5.41) is 2.86. The predicted octanol–water partition coefficient (Wildman–Crippen LogP) is 5.49. The minimum absolute atomic E-state index is 0.0526. The molecule has 0 spiro atoms. The molecule has 30 heavy (non-hydrogen) atoms. The van der Waals surface area contributed by atoms with Gasteiger partial charge in [0.15, 0.2) is 6.61 Å². The van der Waals surface area contributed by atoms with E-state index in [1.54, 1.807) is 6.33 Å². The van der Waals surface area contributed by atoms with Gasteiger partial charge in [-0.3, -0.25) is 4.79 Å². The topological polar surface area (TPSA) is 56.1 Å². The number of nitrogens with one attached hydrogen (secondary N) is 1. The van der Waals surface area contributed by atoms with Crippen molar-refractivity contribution in [1.82, 2.24) is 9.55 Å². The Morgan fingerprint density at radius 1 is 1.07 bits per heavy atom. The number of imidazole rings is 1. The molecule has 2 aromatic carbocycles. The highest BCUT2D eigenvalue weighted by Gasteiger charge is 2.07. The summed E-state index contributed by atoms with van der Waals surface area (Å²) in [6, 6.07) is 15.4. The Morgan fingerprint density at radius 2 is 1.77 bits per heavy atom. The Morgan fingerprint density at radius 3 is 2.33 bits per heavy atom. The van der Waals surface area contributed by atoms with Gasteiger partial charge in [-0.2, -0.15) is 0 Å². The van der Waals surface area contributed by atoms with Crippen LogP contribution in [0.1, 0.15) is 30.8 Å². The zero-order valence-corrected chi connectivity index (χ0v) is 17.8. The van der Waals surface area contributed by atoms with Crippen molar-refractivity contribution in [2.24, 2.45) is 0 Å². The highest BCUT2D eigenvalue weighted by molar-refractivity contribution is 5.92. The van der Waals surface area contributed by atoms with Crippen molar-refractivity contribution in [2.75, 3.05) is 11.9 Å². The summed E-state index contributed by atoms with van der Waals surface area (Å²) in [5.74, 6) is 0.440. The van der Waals surface area contributed by atoms with Crippen LogP contribution < -0.4 is 10.1 Å². The molecule has 1 N–H and O–H groups in total. The molecule has 1 amide bonds. The number of aromatic nitrogens is 2. The van der Waals surface area contributed by atoms with Gasteiger partial charge in [0, 0.05) is 17.1 Å². The van der Waals surface area contributed by atoms with Crippen molar-refractivity contribution >= 4 is 17.2 Å². The number of hydrogen-bond donors (Lipinski definition) is 1. The van der Waals surface area contributed by atoms with E-state index >= 15 is 0 Å². The number of carbonyl (C=O) groups is 1. The highest BCUT2D eigenvalue weighted by Crippen LogP contribution is 2.20. The fourth-order valence-corrected chi connectivity index (χ4v) is 3.09. The number of rotatable bonds is 7.